The largest absolute Gasteiger partial charge is 0.469 e. The van der Waals surface area contributed by atoms with Crippen LogP contribution in [0.2, 0.25) is 0 Å². The number of methoxy groups -OCH3 is 1. The molecule has 0 saturated heterocycles. The summed E-state index contributed by atoms with van der Waals surface area (Å²) in [5, 5.41) is 12.1. The Kier molecular flexibility index (Phi) is 5.53. The lowest BCUT2D eigenvalue weighted by atomic mass is 9.98. The van der Waals surface area contributed by atoms with Crippen LogP contribution < -0.4 is 5.32 Å². The smallest absolute Gasteiger partial charge is 0.409 e. The van der Waals surface area contributed by atoms with E-state index in [1.54, 1.807) is 0 Å². The topological polar surface area (TPSA) is 84.9 Å². The van der Waals surface area contributed by atoms with Crippen LogP contribution >= 0.6 is 0 Å². The minimum atomic E-state index is -1.16. The number of rotatable bonds is 6. The second-order valence-electron chi connectivity index (χ2n) is 6.10. The average Bonchev–Trinajstić information content (AvgIpc) is 2.98. The van der Waals surface area contributed by atoms with E-state index in [2.05, 4.69) is 22.2 Å². The van der Waals surface area contributed by atoms with Crippen molar-refractivity contribution < 1.29 is 24.2 Å². The van der Waals surface area contributed by atoms with E-state index in [1.807, 2.05) is 36.4 Å². The van der Waals surface area contributed by atoms with Gasteiger partial charge in [0.25, 0.3) is 0 Å². The molecule has 26 heavy (non-hydrogen) atoms. The Balaban J connectivity index is 1.59. The molecule has 0 radical (unpaired) electrons. The van der Waals surface area contributed by atoms with Crippen LogP contribution in [0.1, 0.15) is 29.9 Å². The van der Waals surface area contributed by atoms with Gasteiger partial charge in [-0.1, -0.05) is 48.5 Å². The maximum Gasteiger partial charge on any atom is 0.409 e. The summed E-state index contributed by atoms with van der Waals surface area (Å²) in [6.45, 7) is 0.170. The first kappa shape index (κ1) is 17.9. The number of alkyl carbamates (subject to hydrolysis) is 1. The Morgan fingerprint density at radius 3 is 2.23 bits per heavy atom. The van der Waals surface area contributed by atoms with Crippen molar-refractivity contribution in [3.8, 4) is 11.1 Å². The first-order valence-electron chi connectivity index (χ1n) is 8.46. The number of carbonyl (C=O) groups excluding carboxylic acids is 2. The van der Waals surface area contributed by atoms with Crippen molar-refractivity contribution in [2.24, 2.45) is 0 Å². The molecular weight excluding hydrogens is 334 g/mol. The van der Waals surface area contributed by atoms with Gasteiger partial charge in [-0.3, -0.25) is 10.1 Å². The summed E-state index contributed by atoms with van der Waals surface area (Å²) in [5.74, 6) is -0.487. The molecule has 0 aliphatic heterocycles. The first-order chi connectivity index (χ1) is 12.6. The Hall–Kier alpha value is -2.86. The lowest BCUT2D eigenvalue weighted by Crippen LogP contribution is -2.36. The summed E-state index contributed by atoms with van der Waals surface area (Å²) in [6, 6.07) is 16.1. The minimum absolute atomic E-state index is 0.0152. The van der Waals surface area contributed by atoms with Gasteiger partial charge in [-0.15, -0.1) is 0 Å². The third-order valence-corrected chi connectivity index (χ3v) is 4.48. The number of aliphatic hydroxyl groups excluding tert-OH is 1. The molecule has 6 nitrogen and oxygen atoms in total. The van der Waals surface area contributed by atoms with Gasteiger partial charge >= 0.3 is 12.1 Å². The molecule has 0 bridgehead atoms. The standard InChI is InChI=1S/C20H21NO5/c1-25-19(23)11-10-18(22)21-20(24)26-12-17-15-8-4-2-6-13(15)14-7-3-5-9-16(14)17/h2-9,17-18,22H,10-12H2,1H3,(H,21,24). The molecule has 2 aromatic rings. The van der Waals surface area contributed by atoms with Crippen molar-refractivity contribution in [3.05, 3.63) is 59.7 Å². The maximum atomic E-state index is 11.9. The van der Waals surface area contributed by atoms with Crippen molar-refractivity contribution >= 4 is 12.1 Å². The number of amides is 1. The predicted octanol–water partition coefficient (Wildman–Crippen LogP) is 2.80. The van der Waals surface area contributed by atoms with Crippen LogP contribution in [0.3, 0.4) is 0 Å². The number of hydrogen-bond acceptors (Lipinski definition) is 5. The summed E-state index contributed by atoms with van der Waals surface area (Å²) in [7, 11) is 1.27. The van der Waals surface area contributed by atoms with Crippen LogP contribution in [-0.2, 0) is 14.3 Å². The third-order valence-electron chi connectivity index (χ3n) is 4.48. The fraction of sp³-hybridized carbons (Fsp3) is 0.300. The summed E-state index contributed by atoms with van der Waals surface area (Å²) in [4.78, 5) is 23.0. The van der Waals surface area contributed by atoms with E-state index < -0.39 is 18.3 Å². The predicted molar refractivity (Wildman–Crippen MR) is 95.5 cm³/mol. The number of aliphatic hydroxyl groups is 1. The van der Waals surface area contributed by atoms with Crippen LogP contribution in [-0.4, -0.2) is 37.1 Å². The number of nitrogens with one attached hydrogen (secondary N) is 1. The number of ether oxygens (including phenoxy) is 2. The third kappa shape index (κ3) is 3.86. The van der Waals surface area contributed by atoms with Crippen molar-refractivity contribution in [1.82, 2.24) is 5.32 Å². The summed E-state index contributed by atoms with van der Waals surface area (Å²) >= 11 is 0. The molecule has 0 spiro atoms. The second kappa shape index (κ2) is 8.01. The van der Waals surface area contributed by atoms with Crippen molar-refractivity contribution in [3.63, 3.8) is 0 Å². The highest BCUT2D eigenvalue weighted by atomic mass is 16.6. The van der Waals surface area contributed by atoms with Gasteiger partial charge in [0, 0.05) is 18.8 Å². The van der Waals surface area contributed by atoms with Crippen LogP contribution in [0, 0.1) is 0 Å². The Morgan fingerprint density at radius 1 is 1.08 bits per heavy atom. The SMILES string of the molecule is COC(=O)CCC(O)NC(=O)OCC1c2ccccc2-c2ccccc21. The molecule has 1 unspecified atom stereocenters. The van der Waals surface area contributed by atoms with E-state index in [1.165, 1.54) is 7.11 Å². The zero-order valence-corrected chi connectivity index (χ0v) is 14.5. The number of fused-ring (bicyclic) bond motifs is 3. The molecule has 2 N–H and O–H groups in total. The molecule has 1 atom stereocenters. The molecule has 0 fully saturated rings. The first-order valence-corrected chi connectivity index (χ1v) is 8.46. The highest BCUT2D eigenvalue weighted by Crippen LogP contribution is 2.44. The van der Waals surface area contributed by atoms with Gasteiger partial charge < -0.3 is 14.6 Å². The Bertz CT molecular complexity index is 759. The van der Waals surface area contributed by atoms with Gasteiger partial charge in [0.2, 0.25) is 0 Å². The van der Waals surface area contributed by atoms with Gasteiger partial charge in [0.15, 0.2) is 0 Å². The van der Waals surface area contributed by atoms with E-state index in [4.69, 9.17) is 4.74 Å². The normalized spacial score (nSPS) is 13.5. The van der Waals surface area contributed by atoms with E-state index in [0.717, 1.165) is 22.3 Å². The molecule has 1 amide bonds. The van der Waals surface area contributed by atoms with Crippen LogP contribution in [0.25, 0.3) is 11.1 Å². The van der Waals surface area contributed by atoms with Crippen LogP contribution in [0.15, 0.2) is 48.5 Å². The minimum Gasteiger partial charge on any atom is -0.469 e. The van der Waals surface area contributed by atoms with Crippen LogP contribution in [0.5, 0.6) is 0 Å². The van der Waals surface area contributed by atoms with Gasteiger partial charge in [-0.05, 0) is 22.3 Å². The molecule has 6 heteroatoms. The zero-order valence-electron chi connectivity index (χ0n) is 14.5. The van der Waals surface area contributed by atoms with Crippen LogP contribution in [0.4, 0.5) is 4.79 Å². The molecule has 0 saturated carbocycles. The molecule has 2 aromatic carbocycles. The molecule has 0 heterocycles. The van der Waals surface area contributed by atoms with Gasteiger partial charge in [-0.25, -0.2) is 4.79 Å². The number of esters is 1. The van der Waals surface area contributed by atoms with Crippen molar-refractivity contribution in [1.29, 1.82) is 0 Å². The highest BCUT2D eigenvalue weighted by Gasteiger charge is 2.29. The number of hydrogen-bond donors (Lipinski definition) is 2. The van der Waals surface area contributed by atoms with Crippen molar-refractivity contribution in [2.45, 2.75) is 25.0 Å². The lowest BCUT2D eigenvalue weighted by molar-refractivity contribution is -0.141. The molecule has 1 aliphatic carbocycles. The average molecular weight is 355 g/mol. The molecule has 1 aliphatic rings. The number of carbonyl (C=O) groups is 2. The monoisotopic (exact) mass is 355 g/mol. The van der Waals surface area contributed by atoms with Crippen molar-refractivity contribution in [2.75, 3.05) is 13.7 Å². The second-order valence-corrected chi connectivity index (χ2v) is 6.10. The Morgan fingerprint density at radius 2 is 1.65 bits per heavy atom. The van der Waals surface area contributed by atoms with Gasteiger partial charge in [0.1, 0.15) is 12.8 Å². The molecule has 0 aromatic heterocycles. The van der Waals surface area contributed by atoms with Gasteiger partial charge in [0.05, 0.1) is 7.11 Å². The Labute approximate surface area is 151 Å². The zero-order chi connectivity index (χ0) is 18.5. The molecule has 3 rings (SSSR count). The van der Waals surface area contributed by atoms with Gasteiger partial charge in [-0.2, -0.15) is 0 Å². The highest BCUT2D eigenvalue weighted by molar-refractivity contribution is 5.79. The molecular formula is C20H21NO5. The van der Waals surface area contributed by atoms with E-state index >= 15 is 0 Å². The summed E-state index contributed by atoms with van der Waals surface area (Å²) in [6.07, 6.45) is -1.80. The lowest BCUT2D eigenvalue weighted by Gasteiger charge is -2.16. The van der Waals surface area contributed by atoms with E-state index in [9.17, 15) is 14.7 Å². The quantitative estimate of drug-likeness (QED) is 0.615. The summed E-state index contributed by atoms with van der Waals surface area (Å²) in [5.41, 5.74) is 4.53. The fourth-order valence-corrected chi connectivity index (χ4v) is 3.20. The fourth-order valence-electron chi connectivity index (χ4n) is 3.20. The van der Waals surface area contributed by atoms with E-state index in [-0.39, 0.29) is 25.4 Å². The summed E-state index contributed by atoms with van der Waals surface area (Å²) < 4.78 is 9.81. The number of benzene rings is 2. The maximum absolute atomic E-state index is 11.9. The molecule has 136 valence electrons. The van der Waals surface area contributed by atoms with E-state index in [0.29, 0.717) is 0 Å².